The molecule has 0 bridgehead atoms. The predicted octanol–water partition coefficient (Wildman–Crippen LogP) is 4.07. The van der Waals surface area contributed by atoms with Gasteiger partial charge < -0.3 is 5.11 Å². The zero-order chi connectivity index (χ0) is 16.4. The van der Waals surface area contributed by atoms with E-state index in [1.165, 1.54) is 18.4 Å². The Hall–Kier alpha value is -1.15. The molecule has 3 fully saturated rings. The lowest BCUT2D eigenvalue weighted by Gasteiger charge is -2.58. The highest BCUT2D eigenvalue weighted by Gasteiger charge is 2.60. The molecule has 0 aliphatic heterocycles. The summed E-state index contributed by atoms with van der Waals surface area (Å²) in [5.74, 6) is 2.15. The summed E-state index contributed by atoms with van der Waals surface area (Å²) in [7, 11) is 0. The normalized spacial score (nSPS) is 51.5. The van der Waals surface area contributed by atoms with E-state index in [1.54, 1.807) is 6.08 Å². The van der Waals surface area contributed by atoms with E-state index < -0.39 is 0 Å². The van der Waals surface area contributed by atoms with Crippen LogP contribution in [0, 0.1) is 34.5 Å². The Morgan fingerprint density at radius 3 is 2.83 bits per heavy atom. The second-order valence-electron chi connectivity index (χ2n) is 8.72. The van der Waals surface area contributed by atoms with Gasteiger partial charge in [0.2, 0.25) is 0 Å². The molecule has 0 amide bonds. The molecule has 0 heterocycles. The standard InChI is InChI=1S/C21H28O2/c1-4-13-6-8-17-16-7-5-14-11-15(22)9-10-20(14,2)19(16)18(23)12-21(13,17)3/h4,9-11,13,16-19,23H,1,5-8,12H2,2-3H3/t13-,16-,17-,18?,19+,20-,21+/m0/s1. The third-order valence-electron chi connectivity index (χ3n) is 7.85. The predicted molar refractivity (Wildman–Crippen MR) is 91.7 cm³/mol. The summed E-state index contributed by atoms with van der Waals surface area (Å²) >= 11 is 0. The zero-order valence-electron chi connectivity index (χ0n) is 14.3. The number of hydrogen-bond donors (Lipinski definition) is 1. The van der Waals surface area contributed by atoms with E-state index in [9.17, 15) is 9.90 Å². The highest BCUT2D eigenvalue weighted by Crippen LogP contribution is 2.66. The molecule has 7 atom stereocenters. The summed E-state index contributed by atoms with van der Waals surface area (Å²) < 4.78 is 0. The maximum Gasteiger partial charge on any atom is 0.178 e. The SMILES string of the molecule is C=C[C@H]1CC[C@H]2[C@@H]3CCC4=CC(=O)C=C[C@]4(C)[C@H]3C(O)C[C@]12C. The number of allylic oxidation sites excluding steroid dienone is 5. The van der Waals surface area contributed by atoms with Gasteiger partial charge in [0.15, 0.2) is 5.78 Å². The van der Waals surface area contributed by atoms with Crippen molar-refractivity contribution < 1.29 is 9.90 Å². The highest BCUT2D eigenvalue weighted by atomic mass is 16.3. The minimum atomic E-state index is -0.284. The number of fused-ring (bicyclic) bond motifs is 5. The van der Waals surface area contributed by atoms with Gasteiger partial charge in [0.05, 0.1) is 6.10 Å². The van der Waals surface area contributed by atoms with Crippen molar-refractivity contribution in [1.29, 1.82) is 0 Å². The second kappa shape index (κ2) is 4.92. The first-order chi connectivity index (χ1) is 10.9. The van der Waals surface area contributed by atoms with Crippen LogP contribution < -0.4 is 0 Å². The summed E-state index contributed by atoms with van der Waals surface area (Å²) in [5, 5.41) is 11.1. The van der Waals surface area contributed by atoms with Crippen LogP contribution >= 0.6 is 0 Å². The summed E-state index contributed by atoms with van der Waals surface area (Å²) in [6.45, 7) is 8.68. The van der Waals surface area contributed by atoms with Gasteiger partial charge in [-0.1, -0.05) is 31.6 Å². The fourth-order valence-corrected chi connectivity index (χ4v) is 6.75. The van der Waals surface area contributed by atoms with E-state index >= 15 is 0 Å². The molecule has 4 aliphatic carbocycles. The number of aliphatic hydroxyl groups excluding tert-OH is 1. The molecule has 23 heavy (non-hydrogen) atoms. The van der Waals surface area contributed by atoms with Gasteiger partial charge in [-0.05, 0) is 67.4 Å². The maximum atomic E-state index is 11.8. The molecule has 2 heteroatoms. The van der Waals surface area contributed by atoms with Gasteiger partial charge in [0, 0.05) is 11.3 Å². The Morgan fingerprint density at radius 1 is 1.30 bits per heavy atom. The number of carbonyl (C=O) groups is 1. The minimum Gasteiger partial charge on any atom is -0.393 e. The van der Waals surface area contributed by atoms with Gasteiger partial charge in [0.1, 0.15) is 0 Å². The second-order valence-corrected chi connectivity index (χ2v) is 8.72. The lowest BCUT2D eigenvalue weighted by Crippen LogP contribution is -2.55. The topological polar surface area (TPSA) is 37.3 Å². The van der Waals surface area contributed by atoms with Crippen LogP contribution in [0.15, 0.2) is 36.5 Å². The molecule has 0 aromatic heterocycles. The molecule has 1 unspecified atom stereocenters. The average Bonchev–Trinajstić information content (AvgIpc) is 2.83. The van der Waals surface area contributed by atoms with Gasteiger partial charge in [-0.25, -0.2) is 0 Å². The smallest absolute Gasteiger partial charge is 0.178 e. The molecule has 3 saturated carbocycles. The van der Waals surface area contributed by atoms with E-state index in [4.69, 9.17) is 0 Å². The molecule has 0 aromatic rings. The molecule has 4 rings (SSSR count). The zero-order valence-corrected chi connectivity index (χ0v) is 14.3. The van der Waals surface area contributed by atoms with Crippen molar-refractivity contribution in [2.75, 3.05) is 0 Å². The van der Waals surface area contributed by atoms with Crippen LogP contribution in [-0.4, -0.2) is 17.0 Å². The van der Waals surface area contributed by atoms with Crippen LogP contribution in [-0.2, 0) is 4.79 Å². The van der Waals surface area contributed by atoms with Gasteiger partial charge in [-0.3, -0.25) is 4.79 Å². The molecule has 0 saturated heterocycles. The molecule has 0 radical (unpaired) electrons. The average molecular weight is 312 g/mol. The minimum absolute atomic E-state index is 0.110. The lowest BCUT2D eigenvalue weighted by atomic mass is 9.47. The monoisotopic (exact) mass is 312 g/mol. The number of ketones is 1. The first kappa shape index (κ1) is 15.4. The van der Waals surface area contributed by atoms with Crippen molar-refractivity contribution >= 4 is 5.78 Å². The first-order valence-corrected chi connectivity index (χ1v) is 9.15. The Kier molecular flexibility index (Phi) is 3.29. The highest BCUT2D eigenvalue weighted by molar-refractivity contribution is 6.01. The number of rotatable bonds is 1. The molecular weight excluding hydrogens is 284 g/mol. The Balaban J connectivity index is 1.75. The van der Waals surface area contributed by atoms with Crippen LogP contribution in [0.3, 0.4) is 0 Å². The molecule has 2 nitrogen and oxygen atoms in total. The van der Waals surface area contributed by atoms with Crippen molar-refractivity contribution in [1.82, 2.24) is 0 Å². The van der Waals surface area contributed by atoms with Crippen LogP contribution in [0.4, 0.5) is 0 Å². The van der Waals surface area contributed by atoms with E-state index in [0.717, 1.165) is 19.3 Å². The van der Waals surface area contributed by atoms with Gasteiger partial charge in [0.25, 0.3) is 0 Å². The fraction of sp³-hybridized carbons (Fsp3) is 0.667. The van der Waals surface area contributed by atoms with E-state index in [0.29, 0.717) is 17.8 Å². The summed E-state index contributed by atoms with van der Waals surface area (Å²) in [6.07, 6.45) is 13.0. The fourth-order valence-electron chi connectivity index (χ4n) is 6.75. The molecule has 1 N–H and O–H groups in total. The van der Waals surface area contributed by atoms with Crippen molar-refractivity contribution in [3.63, 3.8) is 0 Å². The van der Waals surface area contributed by atoms with Crippen molar-refractivity contribution in [3.8, 4) is 0 Å². The summed E-state index contributed by atoms with van der Waals surface area (Å²) in [4.78, 5) is 11.8. The maximum absolute atomic E-state index is 11.8. The molecule has 0 aromatic carbocycles. The van der Waals surface area contributed by atoms with Gasteiger partial charge >= 0.3 is 0 Å². The summed E-state index contributed by atoms with van der Waals surface area (Å²) in [5.41, 5.74) is 1.31. The van der Waals surface area contributed by atoms with Crippen molar-refractivity contribution in [2.24, 2.45) is 34.5 Å². The van der Waals surface area contributed by atoms with E-state index in [-0.39, 0.29) is 28.6 Å². The van der Waals surface area contributed by atoms with E-state index in [1.807, 2.05) is 6.08 Å². The van der Waals surface area contributed by atoms with Crippen LogP contribution in [0.2, 0.25) is 0 Å². The van der Waals surface area contributed by atoms with E-state index in [2.05, 4.69) is 32.6 Å². The molecule has 0 spiro atoms. The number of aliphatic hydroxyl groups is 1. The molecule has 4 aliphatic rings. The lowest BCUT2D eigenvalue weighted by molar-refractivity contribution is -0.116. The number of carbonyl (C=O) groups excluding carboxylic acids is 1. The number of hydrogen-bond acceptors (Lipinski definition) is 2. The van der Waals surface area contributed by atoms with Gasteiger partial charge in [-0.2, -0.15) is 0 Å². The van der Waals surface area contributed by atoms with Crippen LogP contribution in [0.25, 0.3) is 0 Å². The third-order valence-corrected chi connectivity index (χ3v) is 7.85. The molecule has 124 valence electrons. The Morgan fingerprint density at radius 2 is 2.09 bits per heavy atom. The quantitative estimate of drug-likeness (QED) is 0.741. The first-order valence-electron chi connectivity index (χ1n) is 9.15. The van der Waals surface area contributed by atoms with Crippen LogP contribution in [0.1, 0.15) is 46.0 Å². The Bertz CT molecular complexity index is 615. The van der Waals surface area contributed by atoms with Gasteiger partial charge in [-0.15, -0.1) is 6.58 Å². The largest absolute Gasteiger partial charge is 0.393 e. The van der Waals surface area contributed by atoms with Crippen molar-refractivity contribution in [3.05, 3.63) is 36.5 Å². The third kappa shape index (κ3) is 1.94. The molecular formula is C21H28O2. The van der Waals surface area contributed by atoms with Crippen LogP contribution in [0.5, 0.6) is 0 Å². The van der Waals surface area contributed by atoms with Crippen molar-refractivity contribution in [2.45, 2.75) is 52.1 Å². The summed E-state index contributed by atoms with van der Waals surface area (Å²) in [6, 6.07) is 0. The Labute approximate surface area is 139 Å².